The van der Waals surface area contributed by atoms with Gasteiger partial charge in [0.1, 0.15) is 6.04 Å². The summed E-state index contributed by atoms with van der Waals surface area (Å²) in [7, 11) is -3.93. The number of rotatable bonds is 12. The molecule has 0 radical (unpaired) electrons. The van der Waals surface area contributed by atoms with Crippen molar-refractivity contribution in [2.45, 2.75) is 51.9 Å². The van der Waals surface area contributed by atoms with Crippen molar-refractivity contribution in [1.29, 1.82) is 0 Å². The Balaban J connectivity index is 2.24. The van der Waals surface area contributed by atoms with Crippen molar-refractivity contribution in [1.82, 2.24) is 10.2 Å². The van der Waals surface area contributed by atoms with E-state index in [0.717, 1.165) is 34.3 Å². The number of anilines is 1. The zero-order valence-corrected chi connectivity index (χ0v) is 22.5. The highest BCUT2D eigenvalue weighted by Gasteiger charge is 2.32. The van der Waals surface area contributed by atoms with Crippen molar-refractivity contribution in [3.8, 4) is 0 Å². The number of benzene rings is 2. The van der Waals surface area contributed by atoms with E-state index in [-0.39, 0.29) is 43.4 Å². The molecule has 0 bridgehead atoms. The zero-order chi connectivity index (χ0) is 27.8. The summed E-state index contributed by atoms with van der Waals surface area (Å²) in [4.78, 5) is 27.4. The van der Waals surface area contributed by atoms with Gasteiger partial charge in [0.15, 0.2) is 0 Å². The summed E-state index contributed by atoms with van der Waals surface area (Å²) >= 11 is 5.95. The van der Waals surface area contributed by atoms with Gasteiger partial charge >= 0.3 is 6.18 Å². The van der Waals surface area contributed by atoms with Crippen molar-refractivity contribution in [3.63, 3.8) is 0 Å². The molecule has 1 atom stereocenters. The highest BCUT2D eigenvalue weighted by molar-refractivity contribution is 7.92. The number of sulfonamides is 1. The number of nitrogens with zero attached hydrogens (tertiary/aromatic N) is 2. The van der Waals surface area contributed by atoms with Crippen LogP contribution in [0.25, 0.3) is 0 Å². The van der Waals surface area contributed by atoms with E-state index in [9.17, 15) is 31.2 Å². The first kappa shape index (κ1) is 30.4. The van der Waals surface area contributed by atoms with Gasteiger partial charge in [-0.25, -0.2) is 8.42 Å². The van der Waals surface area contributed by atoms with Gasteiger partial charge in [-0.2, -0.15) is 13.2 Å². The third-order valence-electron chi connectivity index (χ3n) is 5.62. The molecule has 7 nitrogen and oxygen atoms in total. The molecule has 1 N–H and O–H groups in total. The second kappa shape index (κ2) is 13.1. The van der Waals surface area contributed by atoms with E-state index in [4.69, 9.17) is 11.6 Å². The normalized spacial score (nSPS) is 12.6. The number of carbonyl (C=O) groups is 2. The molecule has 37 heavy (non-hydrogen) atoms. The Labute approximate surface area is 220 Å². The molecule has 2 rings (SSSR count). The zero-order valence-electron chi connectivity index (χ0n) is 20.9. The Hall–Kier alpha value is -2.79. The highest BCUT2D eigenvalue weighted by atomic mass is 35.5. The lowest BCUT2D eigenvalue weighted by Crippen LogP contribution is -2.49. The summed E-state index contributed by atoms with van der Waals surface area (Å²) in [5.41, 5.74) is -0.365. The number of amides is 2. The molecule has 0 heterocycles. The average molecular weight is 562 g/mol. The predicted molar refractivity (Wildman–Crippen MR) is 138 cm³/mol. The molecule has 12 heteroatoms. The van der Waals surface area contributed by atoms with E-state index >= 15 is 0 Å². The second-order valence-corrected chi connectivity index (χ2v) is 10.8. The fourth-order valence-electron chi connectivity index (χ4n) is 3.84. The van der Waals surface area contributed by atoms with Gasteiger partial charge in [-0.05, 0) is 55.7 Å². The Morgan fingerprint density at radius 1 is 1.08 bits per heavy atom. The first-order valence-electron chi connectivity index (χ1n) is 11.7. The van der Waals surface area contributed by atoms with Gasteiger partial charge in [-0.1, -0.05) is 36.7 Å². The van der Waals surface area contributed by atoms with Crippen LogP contribution >= 0.6 is 11.6 Å². The van der Waals surface area contributed by atoms with E-state index in [1.54, 1.807) is 38.1 Å². The molecule has 0 aliphatic rings. The third kappa shape index (κ3) is 8.92. The summed E-state index contributed by atoms with van der Waals surface area (Å²) in [6.07, 6.45) is -3.47. The molecule has 0 saturated carbocycles. The van der Waals surface area contributed by atoms with Gasteiger partial charge in [0.2, 0.25) is 21.8 Å². The molecule has 0 saturated heterocycles. The van der Waals surface area contributed by atoms with Crippen LogP contribution in [0.5, 0.6) is 0 Å². The number of hydrogen-bond donors (Lipinski definition) is 1. The molecule has 2 aromatic carbocycles. The minimum atomic E-state index is -4.63. The first-order chi connectivity index (χ1) is 17.3. The maximum atomic E-state index is 13.3. The lowest BCUT2D eigenvalue weighted by atomic mass is 10.1. The number of hydrogen-bond acceptors (Lipinski definition) is 4. The van der Waals surface area contributed by atoms with Crippen LogP contribution in [0, 0.1) is 0 Å². The van der Waals surface area contributed by atoms with Gasteiger partial charge in [-0.15, -0.1) is 0 Å². The van der Waals surface area contributed by atoms with Crippen molar-refractivity contribution >= 4 is 39.1 Å². The molecule has 0 fully saturated rings. The molecule has 1 unspecified atom stereocenters. The minimum Gasteiger partial charge on any atom is -0.355 e. The van der Waals surface area contributed by atoms with E-state index in [2.05, 4.69) is 5.32 Å². The van der Waals surface area contributed by atoms with E-state index < -0.39 is 27.8 Å². The molecule has 0 aliphatic carbocycles. The molecule has 0 spiro atoms. The van der Waals surface area contributed by atoms with Gasteiger partial charge in [0.05, 0.1) is 17.5 Å². The van der Waals surface area contributed by atoms with Crippen LogP contribution < -0.4 is 9.62 Å². The Morgan fingerprint density at radius 3 is 2.27 bits per heavy atom. The lowest BCUT2D eigenvalue weighted by molar-refractivity contribution is -0.141. The summed E-state index contributed by atoms with van der Waals surface area (Å²) in [6, 6.07) is 10.1. The van der Waals surface area contributed by atoms with Crippen molar-refractivity contribution in [2.75, 3.05) is 23.7 Å². The van der Waals surface area contributed by atoms with Gasteiger partial charge in [0.25, 0.3) is 0 Å². The van der Waals surface area contributed by atoms with Crippen molar-refractivity contribution < 1.29 is 31.2 Å². The summed E-state index contributed by atoms with van der Waals surface area (Å²) in [6.45, 7) is 3.86. The third-order valence-corrected chi connectivity index (χ3v) is 7.06. The van der Waals surface area contributed by atoms with Gasteiger partial charge in [-0.3, -0.25) is 13.9 Å². The largest absolute Gasteiger partial charge is 0.416 e. The molecule has 2 aromatic rings. The van der Waals surface area contributed by atoms with Crippen molar-refractivity contribution in [2.24, 2.45) is 0 Å². The van der Waals surface area contributed by atoms with Crippen LogP contribution in [0.2, 0.25) is 5.02 Å². The molecular weight excluding hydrogens is 531 g/mol. The van der Waals surface area contributed by atoms with Gasteiger partial charge < -0.3 is 10.2 Å². The molecular formula is C25H31ClF3N3O4S. The molecule has 204 valence electrons. The highest BCUT2D eigenvalue weighted by Crippen LogP contribution is 2.32. The Morgan fingerprint density at radius 2 is 1.73 bits per heavy atom. The fraction of sp³-hybridized carbons (Fsp3) is 0.440. The lowest BCUT2D eigenvalue weighted by Gasteiger charge is -2.31. The number of alkyl halides is 3. The van der Waals surface area contributed by atoms with Crippen LogP contribution in [-0.4, -0.2) is 50.5 Å². The predicted octanol–water partition coefficient (Wildman–Crippen LogP) is 4.85. The van der Waals surface area contributed by atoms with Gasteiger partial charge in [0, 0.05) is 31.1 Å². The first-order valence-corrected chi connectivity index (χ1v) is 14.0. The topological polar surface area (TPSA) is 86.8 Å². The summed E-state index contributed by atoms with van der Waals surface area (Å²) < 4.78 is 65.0. The number of nitrogens with one attached hydrogen (secondary N) is 1. The quantitative estimate of drug-likeness (QED) is 0.401. The number of halogens is 4. The van der Waals surface area contributed by atoms with Crippen LogP contribution in [0.4, 0.5) is 18.9 Å². The maximum Gasteiger partial charge on any atom is 0.416 e. The monoisotopic (exact) mass is 561 g/mol. The van der Waals surface area contributed by atoms with E-state index in [1.165, 1.54) is 11.0 Å². The van der Waals surface area contributed by atoms with Crippen LogP contribution in [0.15, 0.2) is 48.5 Å². The standard InChI is InChI=1S/C25H31ClF3N3O4S/c1-4-22(24(34)30-5-2)31(17-18-11-13-20(26)14-12-18)23(33)10-7-15-32(37(3,35)36)21-9-6-8-19(16-21)25(27,28)29/h6,8-9,11-14,16,22H,4-5,7,10,15,17H2,1-3H3,(H,30,34). The van der Waals surface area contributed by atoms with Crippen LogP contribution in [0.1, 0.15) is 44.2 Å². The minimum absolute atomic E-state index is 0.0328. The van der Waals surface area contributed by atoms with Crippen molar-refractivity contribution in [3.05, 3.63) is 64.7 Å². The summed E-state index contributed by atoms with van der Waals surface area (Å²) in [5.74, 6) is -0.695. The second-order valence-electron chi connectivity index (χ2n) is 8.45. The van der Waals surface area contributed by atoms with Crippen LogP contribution in [0.3, 0.4) is 0 Å². The fourth-order valence-corrected chi connectivity index (χ4v) is 4.92. The Bertz CT molecular complexity index is 1170. The SMILES string of the molecule is CCNC(=O)C(CC)N(Cc1ccc(Cl)cc1)C(=O)CCCN(c1cccc(C(F)(F)F)c1)S(C)(=O)=O. The number of carbonyl (C=O) groups excluding carboxylic acids is 2. The number of likely N-dealkylation sites (N-methyl/N-ethyl adjacent to an activating group) is 1. The maximum absolute atomic E-state index is 13.3. The molecule has 0 aliphatic heterocycles. The molecule has 0 aromatic heterocycles. The average Bonchev–Trinajstić information content (AvgIpc) is 2.81. The Kier molecular flexibility index (Phi) is 10.8. The smallest absolute Gasteiger partial charge is 0.355 e. The molecule has 2 amide bonds. The summed E-state index contributed by atoms with van der Waals surface area (Å²) in [5, 5.41) is 3.25. The van der Waals surface area contributed by atoms with E-state index in [0.29, 0.717) is 18.0 Å². The van der Waals surface area contributed by atoms with Crippen LogP contribution in [-0.2, 0) is 32.3 Å². The van der Waals surface area contributed by atoms with E-state index in [1.807, 2.05) is 0 Å².